The van der Waals surface area contributed by atoms with E-state index in [1.165, 1.54) is 13.2 Å². The van der Waals surface area contributed by atoms with E-state index in [9.17, 15) is 9.59 Å². The molecule has 86 valence electrons. The maximum absolute atomic E-state index is 11.3. The van der Waals surface area contributed by atoms with Gasteiger partial charge < -0.3 is 9.26 Å². The minimum Gasteiger partial charge on any atom is -0.465 e. The molecule has 2 rings (SSSR count). The van der Waals surface area contributed by atoms with Crippen LogP contribution in [0, 0.1) is 0 Å². The number of nitrogens with zero attached hydrogens (tertiary/aromatic N) is 1. The Morgan fingerprint density at radius 1 is 1.29 bits per heavy atom. The van der Waals surface area contributed by atoms with Crippen molar-refractivity contribution in [3.05, 3.63) is 52.4 Å². The van der Waals surface area contributed by atoms with Gasteiger partial charge in [-0.3, -0.25) is 0 Å². The fourth-order valence-electron chi connectivity index (χ4n) is 1.36. The molecule has 0 aliphatic rings. The molecular formula is C12H9NO4. The summed E-state index contributed by atoms with van der Waals surface area (Å²) >= 11 is 0. The first-order valence-corrected chi connectivity index (χ1v) is 4.87. The Balaban J connectivity index is 2.52. The quantitative estimate of drug-likeness (QED) is 0.732. The monoisotopic (exact) mass is 231 g/mol. The van der Waals surface area contributed by atoms with Crippen LogP contribution in [0.2, 0.25) is 0 Å². The number of hydrogen-bond donors (Lipinski definition) is 0. The molecule has 0 unspecified atom stereocenters. The average molecular weight is 231 g/mol. The Morgan fingerprint density at radius 2 is 2.00 bits per heavy atom. The van der Waals surface area contributed by atoms with E-state index < -0.39 is 11.6 Å². The first-order valence-electron chi connectivity index (χ1n) is 4.87. The van der Waals surface area contributed by atoms with Crippen molar-refractivity contribution in [2.24, 2.45) is 0 Å². The van der Waals surface area contributed by atoms with E-state index in [1.54, 1.807) is 12.1 Å². The van der Waals surface area contributed by atoms with Crippen LogP contribution in [0.15, 0.2) is 45.7 Å². The molecule has 5 heteroatoms. The highest BCUT2D eigenvalue weighted by Crippen LogP contribution is 2.15. The van der Waals surface area contributed by atoms with Crippen LogP contribution >= 0.6 is 0 Å². The number of benzene rings is 1. The largest absolute Gasteiger partial charge is 0.465 e. The van der Waals surface area contributed by atoms with E-state index in [-0.39, 0.29) is 5.56 Å². The summed E-state index contributed by atoms with van der Waals surface area (Å²) in [5.41, 5.74) is 0.185. The number of esters is 1. The van der Waals surface area contributed by atoms with Crippen molar-refractivity contribution < 1.29 is 14.1 Å². The van der Waals surface area contributed by atoms with Crippen molar-refractivity contribution in [2.45, 2.75) is 0 Å². The lowest BCUT2D eigenvalue weighted by Crippen LogP contribution is -2.16. The van der Waals surface area contributed by atoms with Crippen molar-refractivity contribution in [3.63, 3.8) is 0 Å². The molecule has 0 N–H and O–H groups in total. The van der Waals surface area contributed by atoms with Crippen LogP contribution < -0.4 is 5.63 Å². The standard InChI is InChI=1S/C12H9NO4/c1-16-11(14)9-7-10(13-17-12(9)15)8-5-3-2-4-6-8/h2-7H,1H3. The molecule has 0 radical (unpaired) electrons. The van der Waals surface area contributed by atoms with E-state index >= 15 is 0 Å². The molecule has 0 aliphatic heterocycles. The van der Waals surface area contributed by atoms with E-state index in [1.807, 2.05) is 18.2 Å². The summed E-state index contributed by atoms with van der Waals surface area (Å²) in [6.45, 7) is 0. The van der Waals surface area contributed by atoms with Gasteiger partial charge in [0.2, 0.25) is 0 Å². The molecule has 1 aromatic carbocycles. The molecular weight excluding hydrogens is 222 g/mol. The molecule has 0 atom stereocenters. The number of carbonyl (C=O) groups excluding carboxylic acids is 1. The zero-order valence-corrected chi connectivity index (χ0v) is 9.04. The molecule has 0 aliphatic carbocycles. The maximum atomic E-state index is 11.3. The second-order valence-corrected chi connectivity index (χ2v) is 3.27. The third-order valence-electron chi connectivity index (χ3n) is 2.20. The highest BCUT2D eigenvalue weighted by Gasteiger charge is 2.14. The number of methoxy groups -OCH3 is 1. The molecule has 5 nitrogen and oxygen atoms in total. The molecule has 0 spiro atoms. The lowest BCUT2D eigenvalue weighted by atomic mass is 10.1. The van der Waals surface area contributed by atoms with Gasteiger partial charge in [0.25, 0.3) is 0 Å². The third kappa shape index (κ3) is 2.23. The van der Waals surface area contributed by atoms with Crippen molar-refractivity contribution in [1.82, 2.24) is 5.16 Å². The number of carbonyl (C=O) groups is 1. The third-order valence-corrected chi connectivity index (χ3v) is 2.20. The Hall–Kier alpha value is -2.43. The summed E-state index contributed by atoms with van der Waals surface area (Å²) < 4.78 is 9.04. The first kappa shape index (κ1) is 11.1. The lowest BCUT2D eigenvalue weighted by molar-refractivity contribution is 0.0593. The zero-order chi connectivity index (χ0) is 12.3. The summed E-state index contributed by atoms with van der Waals surface area (Å²) in [4.78, 5) is 22.6. The van der Waals surface area contributed by atoms with Gasteiger partial charge in [-0.1, -0.05) is 35.5 Å². The number of rotatable bonds is 2. The lowest BCUT2D eigenvalue weighted by Gasteiger charge is -2.00. The van der Waals surface area contributed by atoms with Crippen LogP contribution in [0.5, 0.6) is 0 Å². The minimum atomic E-state index is -0.809. The van der Waals surface area contributed by atoms with Gasteiger partial charge in [-0.2, -0.15) is 0 Å². The second-order valence-electron chi connectivity index (χ2n) is 3.27. The average Bonchev–Trinajstić information content (AvgIpc) is 2.39. The molecule has 2 aromatic rings. The molecule has 0 saturated carbocycles. The molecule has 0 amide bonds. The summed E-state index contributed by atoms with van der Waals surface area (Å²) in [6.07, 6.45) is 0. The van der Waals surface area contributed by atoms with Gasteiger partial charge in [0.1, 0.15) is 11.3 Å². The molecule has 1 aromatic heterocycles. The van der Waals surface area contributed by atoms with Crippen molar-refractivity contribution in [3.8, 4) is 11.3 Å². The van der Waals surface area contributed by atoms with Gasteiger partial charge >= 0.3 is 11.6 Å². The van der Waals surface area contributed by atoms with E-state index in [0.717, 1.165) is 5.56 Å². The summed E-state index contributed by atoms with van der Waals surface area (Å²) in [5, 5.41) is 3.63. The van der Waals surface area contributed by atoms with Gasteiger partial charge in [0, 0.05) is 5.56 Å². The number of hydrogen-bond acceptors (Lipinski definition) is 5. The minimum absolute atomic E-state index is 0.165. The van der Waals surface area contributed by atoms with Crippen LogP contribution in [0.25, 0.3) is 11.3 Å². The van der Waals surface area contributed by atoms with Gasteiger partial charge in [0.15, 0.2) is 0 Å². The highest BCUT2D eigenvalue weighted by molar-refractivity contribution is 5.89. The van der Waals surface area contributed by atoms with E-state index in [4.69, 9.17) is 0 Å². The van der Waals surface area contributed by atoms with Gasteiger partial charge in [-0.05, 0) is 6.07 Å². The molecule has 17 heavy (non-hydrogen) atoms. The normalized spacial score (nSPS) is 9.94. The Morgan fingerprint density at radius 3 is 2.65 bits per heavy atom. The van der Waals surface area contributed by atoms with Crippen LogP contribution in [-0.2, 0) is 4.74 Å². The van der Waals surface area contributed by atoms with Gasteiger partial charge in [0.05, 0.1) is 7.11 Å². The Kier molecular flexibility index (Phi) is 3.00. The van der Waals surface area contributed by atoms with Gasteiger partial charge in [-0.15, -0.1) is 0 Å². The van der Waals surface area contributed by atoms with Crippen molar-refractivity contribution in [2.75, 3.05) is 7.11 Å². The molecule has 0 bridgehead atoms. The summed E-state index contributed by atoms with van der Waals surface area (Å²) in [6, 6.07) is 10.4. The topological polar surface area (TPSA) is 69.4 Å². The Labute approximate surface area is 96.6 Å². The highest BCUT2D eigenvalue weighted by atomic mass is 16.5. The molecule has 1 heterocycles. The summed E-state index contributed by atoms with van der Waals surface area (Å²) in [7, 11) is 1.20. The fraction of sp³-hybridized carbons (Fsp3) is 0.0833. The number of aromatic nitrogens is 1. The van der Waals surface area contributed by atoms with Gasteiger partial charge in [-0.25, -0.2) is 9.59 Å². The van der Waals surface area contributed by atoms with E-state index in [0.29, 0.717) is 5.69 Å². The fourth-order valence-corrected chi connectivity index (χ4v) is 1.36. The molecule has 0 saturated heterocycles. The second kappa shape index (κ2) is 4.61. The van der Waals surface area contributed by atoms with Crippen LogP contribution in [0.4, 0.5) is 0 Å². The zero-order valence-electron chi connectivity index (χ0n) is 9.04. The van der Waals surface area contributed by atoms with Crippen molar-refractivity contribution >= 4 is 5.97 Å². The van der Waals surface area contributed by atoms with Crippen LogP contribution in [-0.4, -0.2) is 18.2 Å². The van der Waals surface area contributed by atoms with Crippen LogP contribution in [0.3, 0.4) is 0 Å². The SMILES string of the molecule is COC(=O)c1cc(-c2ccccc2)noc1=O. The van der Waals surface area contributed by atoms with Crippen LogP contribution in [0.1, 0.15) is 10.4 Å². The first-order chi connectivity index (χ1) is 8.22. The number of ether oxygens (including phenoxy) is 1. The summed E-state index contributed by atoms with van der Waals surface area (Å²) in [5.74, 6) is -0.738. The predicted molar refractivity (Wildman–Crippen MR) is 59.5 cm³/mol. The maximum Gasteiger partial charge on any atom is 0.373 e. The predicted octanol–water partition coefficient (Wildman–Crippen LogP) is 1.49. The van der Waals surface area contributed by atoms with E-state index in [2.05, 4.69) is 14.4 Å². The smallest absolute Gasteiger partial charge is 0.373 e. The van der Waals surface area contributed by atoms with Crippen molar-refractivity contribution in [1.29, 1.82) is 0 Å². The molecule has 0 fully saturated rings. The Bertz CT molecular complexity index is 589.